The van der Waals surface area contributed by atoms with E-state index in [1.807, 2.05) is 31.2 Å². The number of aromatic nitrogens is 1. The van der Waals surface area contributed by atoms with Gasteiger partial charge in [0.05, 0.1) is 0 Å². The monoisotopic (exact) mass is 231 g/mol. The van der Waals surface area contributed by atoms with Gasteiger partial charge in [-0.3, -0.25) is 0 Å². The molecule has 2 rings (SSSR count). The van der Waals surface area contributed by atoms with Gasteiger partial charge in [0.1, 0.15) is 17.9 Å². The number of nitrogens with zero attached hydrogens (tertiary/aromatic N) is 2. The average molecular weight is 231 g/mol. The number of benzene rings is 1. The molecular formula is C12H13N3O2. The first-order chi connectivity index (χ1) is 8.20. The molecule has 2 aromatic rings. The van der Waals surface area contributed by atoms with Crippen molar-refractivity contribution in [1.29, 1.82) is 0 Å². The zero-order valence-electron chi connectivity index (χ0n) is 9.42. The molecule has 5 heteroatoms. The maximum Gasteiger partial charge on any atom is 0.177 e. The average Bonchev–Trinajstić information content (AvgIpc) is 2.35. The Morgan fingerprint density at radius 2 is 2.24 bits per heavy atom. The Morgan fingerprint density at radius 1 is 1.41 bits per heavy atom. The van der Waals surface area contributed by atoms with Crippen molar-refractivity contribution in [1.82, 2.24) is 4.98 Å². The van der Waals surface area contributed by atoms with Crippen LogP contribution in [0.5, 0.6) is 5.75 Å². The Labute approximate surface area is 98.5 Å². The number of amidine groups is 1. The van der Waals surface area contributed by atoms with E-state index in [0.29, 0.717) is 5.75 Å². The first-order valence-electron chi connectivity index (χ1n) is 5.16. The van der Waals surface area contributed by atoms with Crippen LogP contribution in [0.4, 0.5) is 0 Å². The number of pyridine rings is 1. The van der Waals surface area contributed by atoms with E-state index < -0.39 is 0 Å². The van der Waals surface area contributed by atoms with Crippen LogP contribution in [-0.4, -0.2) is 22.6 Å². The van der Waals surface area contributed by atoms with Gasteiger partial charge in [-0.25, -0.2) is 4.98 Å². The molecule has 5 nitrogen and oxygen atoms in total. The third-order valence-corrected chi connectivity index (χ3v) is 2.33. The minimum absolute atomic E-state index is 0.0228. The SMILES string of the molecule is Cc1ccc2cccc(OC/C(N)=N/O)c2n1. The number of oxime groups is 1. The molecule has 0 bridgehead atoms. The number of para-hydroxylation sites is 1. The van der Waals surface area contributed by atoms with E-state index in [-0.39, 0.29) is 12.4 Å². The van der Waals surface area contributed by atoms with E-state index in [4.69, 9.17) is 15.7 Å². The van der Waals surface area contributed by atoms with Crippen LogP contribution in [0.15, 0.2) is 35.5 Å². The van der Waals surface area contributed by atoms with E-state index in [1.165, 1.54) is 0 Å². The van der Waals surface area contributed by atoms with Crippen molar-refractivity contribution in [2.75, 3.05) is 6.61 Å². The van der Waals surface area contributed by atoms with Gasteiger partial charge in [-0.2, -0.15) is 0 Å². The van der Waals surface area contributed by atoms with E-state index in [1.54, 1.807) is 6.07 Å². The second-order valence-electron chi connectivity index (χ2n) is 3.66. The zero-order chi connectivity index (χ0) is 12.3. The summed E-state index contributed by atoms with van der Waals surface area (Å²) in [5, 5.41) is 12.3. The quantitative estimate of drug-likeness (QED) is 0.364. The maximum atomic E-state index is 8.44. The third-order valence-electron chi connectivity index (χ3n) is 2.33. The fourth-order valence-corrected chi connectivity index (χ4v) is 1.51. The summed E-state index contributed by atoms with van der Waals surface area (Å²) < 4.78 is 5.45. The van der Waals surface area contributed by atoms with E-state index in [0.717, 1.165) is 16.6 Å². The normalized spacial score (nSPS) is 11.7. The molecule has 0 radical (unpaired) electrons. The summed E-state index contributed by atoms with van der Waals surface area (Å²) in [6.45, 7) is 1.95. The lowest BCUT2D eigenvalue weighted by atomic mass is 10.2. The van der Waals surface area contributed by atoms with Crippen molar-refractivity contribution in [3.05, 3.63) is 36.0 Å². The lowest BCUT2D eigenvalue weighted by Crippen LogP contribution is -2.20. The molecule has 0 unspecified atom stereocenters. The number of nitrogens with two attached hydrogens (primary N) is 1. The highest BCUT2D eigenvalue weighted by atomic mass is 16.5. The van der Waals surface area contributed by atoms with E-state index in [9.17, 15) is 0 Å². The zero-order valence-corrected chi connectivity index (χ0v) is 9.42. The first-order valence-corrected chi connectivity index (χ1v) is 5.16. The number of hydrogen-bond acceptors (Lipinski definition) is 4. The van der Waals surface area contributed by atoms with Crippen LogP contribution in [-0.2, 0) is 0 Å². The third kappa shape index (κ3) is 2.44. The summed E-state index contributed by atoms with van der Waals surface area (Å²) in [5.41, 5.74) is 7.04. The largest absolute Gasteiger partial charge is 0.483 e. The minimum atomic E-state index is 0.0228. The molecule has 0 amide bonds. The summed E-state index contributed by atoms with van der Waals surface area (Å²) in [6.07, 6.45) is 0. The Bertz CT molecular complexity index is 567. The van der Waals surface area contributed by atoms with Gasteiger partial charge in [0, 0.05) is 11.1 Å². The lowest BCUT2D eigenvalue weighted by Gasteiger charge is -2.08. The van der Waals surface area contributed by atoms with Gasteiger partial charge < -0.3 is 15.7 Å². The van der Waals surface area contributed by atoms with Crippen molar-refractivity contribution < 1.29 is 9.94 Å². The molecule has 0 aliphatic heterocycles. The van der Waals surface area contributed by atoms with Gasteiger partial charge in [0.2, 0.25) is 0 Å². The van der Waals surface area contributed by atoms with E-state index in [2.05, 4.69) is 10.1 Å². The predicted molar refractivity (Wildman–Crippen MR) is 65.4 cm³/mol. The molecule has 0 saturated carbocycles. The predicted octanol–water partition coefficient (Wildman–Crippen LogP) is 1.67. The Balaban J connectivity index is 2.36. The van der Waals surface area contributed by atoms with Gasteiger partial charge in [-0.1, -0.05) is 23.4 Å². The van der Waals surface area contributed by atoms with Crippen molar-refractivity contribution >= 4 is 16.7 Å². The summed E-state index contributed by atoms with van der Waals surface area (Å²) >= 11 is 0. The summed E-state index contributed by atoms with van der Waals surface area (Å²) in [6, 6.07) is 9.56. The Kier molecular flexibility index (Phi) is 3.09. The fraction of sp³-hybridized carbons (Fsp3) is 0.167. The minimum Gasteiger partial charge on any atom is -0.483 e. The van der Waals surface area contributed by atoms with Gasteiger partial charge in [0.25, 0.3) is 0 Å². The van der Waals surface area contributed by atoms with Crippen LogP contribution in [0.3, 0.4) is 0 Å². The molecule has 1 aromatic carbocycles. The molecule has 0 spiro atoms. The second-order valence-corrected chi connectivity index (χ2v) is 3.66. The fourth-order valence-electron chi connectivity index (χ4n) is 1.51. The highest BCUT2D eigenvalue weighted by molar-refractivity contribution is 5.85. The van der Waals surface area contributed by atoms with Crippen molar-refractivity contribution in [2.45, 2.75) is 6.92 Å². The van der Waals surface area contributed by atoms with Crippen LogP contribution in [0, 0.1) is 6.92 Å². The second kappa shape index (κ2) is 4.69. The smallest absolute Gasteiger partial charge is 0.177 e. The molecule has 3 N–H and O–H groups in total. The van der Waals surface area contributed by atoms with Crippen molar-refractivity contribution in [3.63, 3.8) is 0 Å². The highest BCUT2D eigenvalue weighted by Gasteiger charge is 2.04. The van der Waals surface area contributed by atoms with Crippen LogP contribution in [0.1, 0.15) is 5.69 Å². The van der Waals surface area contributed by atoms with Gasteiger partial charge in [0.15, 0.2) is 5.84 Å². The van der Waals surface area contributed by atoms with E-state index >= 15 is 0 Å². The molecule has 0 aliphatic carbocycles. The van der Waals surface area contributed by atoms with Crippen LogP contribution in [0.25, 0.3) is 10.9 Å². The molecular weight excluding hydrogens is 218 g/mol. The highest BCUT2D eigenvalue weighted by Crippen LogP contribution is 2.23. The van der Waals surface area contributed by atoms with Crippen LogP contribution >= 0.6 is 0 Å². The van der Waals surface area contributed by atoms with Crippen molar-refractivity contribution in [3.8, 4) is 5.75 Å². The number of ether oxygens (including phenoxy) is 1. The Hall–Kier alpha value is -2.30. The van der Waals surface area contributed by atoms with Crippen molar-refractivity contribution in [2.24, 2.45) is 10.9 Å². The molecule has 88 valence electrons. The molecule has 0 aliphatic rings. The topological polar surface area (TPSA) is 80.7 Å². The number of rotatable bonds is 3. The molecule has 0 fully saturated rings. The van der Waals surface area contributed by atoms with Crippen LogP contribution in [0.2, 0.25) is 0 Å². The Morgan fingerprint density at radius 3 is 3.00 bits per heavy atom. The lowest BCUT2D eigenvalue weighted by molar-refractivity contribution is 0.307. The van der Waals surface area contributed by atoms with Gasteiger partial charge >= 0.3 is 0 Å². The summed E-state index contributed by atoms with van der Waals surface area (Å²) in [5.74, 6) is 0.646. The first kappa shape index (κ1) is 11.2. The molecule has 17 heavy (non-hydrogen) atoms. The van der Waals surface area contributed by atoms with Crippen LogP contribution < -0.4 is 10.5 Å². The number of hydrogen-bond donors (Lipinski definition) is 2. The molecule has 1 heterocycles. The van der Waals surface area contributed by atoms with Gasteiger partial charge in [-0.15, -0.1) is 0 Å². The summed E-state index contributed by atoms with van der Waals surface area (Å²) in [7, 11) is 0. The maximum absolute atomic E-state index is 8.44. The van der Waals surface area contributed by atoms with Gasteiger partial charge in [-0.05, 0) is 19.1 Å². The number of aryl methyl sites for hydroxylation is 1. The summed E-state index contributed by atoms with van der Waals surface area (Å²) in [4.78, 5) is 4.41. The standard InChI is InChI=1S/C12H13N3O2/c1-8-5-6-9-3-2-4-10(12(9)14-8)17-7-11(13)15-16/h2-6,16H,7H2,1H3,(H2,13,15). The molecule has 0 saturated heterocycles. The molecule has 1 aromatic heterocycles. The number of fused-ring (bicyclic) bond motifs is 1. The molecule has 0 atom stereocenters.